The zero-order valence-corrected chi connectivity index (χ0v) is 16.7. The molecule has 1 atom stereocenters. The number of benzene rings is 1. The Bertz CT molecular complexity index is 833. The van der Waals surface area contributed by atoms with Gasteiger partial charge in [0.2, 0.25) is 5.91 Å². The molecule has 1 aromatic heterocycles. The van der Waals surface area contributed by atoms with E-state index in [1.54, 1.807) is 6.20 Å². The molecule has 2 saturated heterocycles. The molecule has 3 heterocycles. The number of carbonyl (C=O) groups is 1. The van der Waals surface area contributed by atoms with Gasteiger partial charge in [0.05, 0.1) is 5.41 Å². The molecule has 1 spiro atoms. The first-order chi connectivity index (χ1) is 13.6. The van der Waals surface area contributed by atoms with Gasteiger partial charge in [-0.25, -0.2) is 0 Å². The monoisotopic (exact) mass is 375 g/mol. The van der Waals surface area contributed by atoms with Gasteiger partial charge in [-0.1, -0.05) is 48.0 Å². The van der Waals surface area contributed by atoms with Gasteiger partial charge in [0.1, 0.15) is 0 Å². The van der Waals surface area contributed by atoms with Gasteiger partial charge in [0.25, 0.3) is 0 Å². The molecule has 2 aromatic rings. The highest BCUT2D eigenvalue weighted by Gasteiger charge is 2.48. The summed E-state index contributed by atoms with van der Waals surface area (Å²) in [5, 5.41) is 0. The van der Waals surface area contributed by atoms with E-state index in [4.69, 9.17) is 0 Å². The lowest BCUT2D eigenvalue weighted by Gasteiger charge is -2.39. The van der Waals surface area contributed by atoms with Crippen LogP contribution in [-0.4, -0.2) is 46.9 Å². The van der Waals surface area contributed by atoms with E-state index in [1.807, 2.05) is 18.3 Å². The highest BCUT2D eigenvalue weighted by molar-refractivity contribution is 5.84. The number of carbonyl (C=O) groups excluding carboxylic acids is 1. The van der Waals surface area contributed by atoms with Gasteiger partial charge >= 0.3 is 0 Å². The van der Waals surface area contributed by atoms with Crippen LogP contribution in [0.2, 0.25) is 0 Å². The van der Waals surface area contributed by atoms with Gasteiger partial charge in [-0.3, -0.25) is 14.7 Å². The van der Waals surface area contributed by atoms with Gasteiger partial charge in [-0.2, -0.15) is 0 Å². The summed E-state index contributed by atoms with van der Waals surface area (Å²) in [6.07, 6.45) is 9.00. The number of rotatable bonds is 5. The van der Waals surface area contributed by atoms with E-state index in [0.717, 1.165) is 51.0 Å². The zero-order valence-electron chi connectivity index (χ0n) is 16.7. The highest BCUT2D eigenvalue weighted by atomic mass is 16.2. The Morgan fingerprint density at radius 2 is 2.00 bits per heavy atom. The predicted molar refractivity (Wildman–Crippen MR) is 112 cm³/mol. The van der Waals surface area contributed by atoms with Crippen molar-refractivity contribution in [2.75, 3.05) is 26.2 Å². The van der Waals surface area contributed by atoms with Crippen molar-refractivity contribution in [3.63, 3.8) is 0 Å². The van der Waals surface area contributed by atoms with Crippen molar-refractivity contribution < 1.29 is 4.79 Å². The van der Waals surface area contributed by atoms with Crippen LogP contribution in [0.15, 0.2) is 60.4 Å². The van der Waals surface area contributed by atoms with Crippen molar-refractivity contribution in [2.24, 2.45) is 5.41 Å². The smallest absolute Gasteiger partial charge is 0.230 e. The molecule has 2 fully saturated rings. The fourth-order valence-corrected chi connectivity index (χ4v) is 4.72. The van der Waals surface area contributed by atoms with Crippen LogP contribution >= 0.6 is 0 Å². The quantitative estimate of drug-likeness (QED) is 0.793. The summed E-state index contributed by atoms with van der Waals surface area (Å²) < 4.78 is 0. The summed E-state index contributed by atoms with van der Waals surface area (Å²) in [6, 6.07) is 14.5. The number of hydrogen-bond acceptors (Lipinski definition) is 3. The summed E-state index contributed by atoms with van der Waals surface area (Å²) in [5.74, 6) is 0.342. The fourth-order valence-electron chi connectivity index (χ4n) is 4.72. The maximum absolute atomic E-state index is 13.3. The van der Waals surface area contributed by atoms with Crippen molar-refractivity contribution in [1.82, 2.24) is 14.8 Å². The molecule has 4 nitrogen and oxygen atoms in total. The van der Waals surface area contributed by atoms with Gasteiger partial charge in [-0.05, 0) is 49.9 Å². The number of aromatic nitrogens is 1. The minimum absolute atomic E-state index is 0.187. The average molecular weight is 376 g/mol. The molecule has 0 N–H and O–H groups in total. The molecular formula is C24H29N3O. The predicted octanol–water partition coefficient (Wildman–Crippen LogP) is 4.00. The van der Waals surface area contributed by atoms with Crippen LogP contribution in [0.4, 0.5) is 0 Å². The lowest BCUT2D eigenvalue weighted by atomic mass is 9.78. The van der Waals surface area contributed by atoms with Crippen molar-refractivity contribution in [1.29, 1.82) is 0 Å². The number of amides is 1. The summed E-state index contributed by atoms with van der Waals surface area (Å²) in [6.45, 7) is 6.56. The lowest BCUT2D eigenvalue weighted by molar-refractivity contribution is -0.146. The van der Waals surface area contributed by atoms with Crippen LogP contribution in [0.3, 0.4) is 0 Å². The summed E-state index contributed by atoms with van der Waals surface area (Å²) >= 11 is 0. The number of nitrogens with zero attached hydrogens (tertiary/aromatic N) is 3. The summed E-state index contributed by atoms with van der Waals surface area (Å²) in [7, 11) is 0. The second-order valence-corrected chi connectivity index (χ2v) is 8.33. The van der Waals surface area contributed by atoms with Crippen LogP contribution in [0.1, 0.15) is 37.3 Å². The van der Waals surface area contributed by atoms with Crippen molar-refractivity contribution in [2.45, 2.75) is 32.7 Å². The molecule has 2 aliphatic rings. The molecule has 1 aromatic carbocycles. The normalized spacial score (nSPS) is 23.5. The van der Waals surface area contributed by atoms with Gasteiger partial charge in [0, 0.05) is 38.6 Å². The molecule has 1 unspecified atom stereocenters. The Hall–Kier alpha value is -2.46. The van der Waals surface area contributed by atoms with Crippen LogP contribution in [-0.2, 0) is 11.3 Å². The van der Waals surface area contributed by atoms with E-state index in [1.165, 1.54) is 11.1 Å². The maximum atomic E-state index is 13.3. The van der Waals surface area contributed by atoms with Crippen LogP contribution < -0.4 is 0 Å². The molecular weight excluding hydrogens is 346 g/mol. The number of hydrogen-bond donors (Lipinski definition) is 0. The van der Waals surface area contributed by atoms with Gasteiger partial charge in [0.15, 0.2) is 0 Å². The number of piperidine rings is 1. The first kappa shape index (κ1) is 18.9. The lowest BCUT2D eigenvalue weighted by Crippen LogP contribution is -2.49. The molecule has 0 saturated carbocycles. The first-order valence-corrected chi connectivity index (χ1v) is 10.3. The third kappa shape index (κ3) is 4.17. The molecule has 4 heteroatoms. The van der Waals surface area contributed by atoms with E-state index >= 15 is 0 Å². The Morgan fingerprint density at radius 3 is 2.79 bits per heavy atom. The Kier molecular flexibility index (Phi) is 5.58. The second kappa shape index (κ2) is 8.27. The highest BCUT2D eigenvalue weighted by Crippen LogP contribution is 2.40. The molecule has 4 rings (SSSR count). The topological polar surface area (TPSA) is 36.4 Å². The SMILES string of the molecule is CC(=Cc1ccccc1)CN1CCC2(CCCN(Cc3cccnc3)C2=O)C1. The fraction of sp³-hybridized carbons (Fsp3) is 0.417. The third-order valence-corrected chi connectivity index (χ3v) is 6.04. The average Bonchev–Trinajstić information content (AvgIpc) is 3.10. The van der Waals surface area contributed by atoms with Crippen LogP contribution in [0.5, 0.6) is 0 Å². The largest absolute Gasteiger partial charge is 0.338 e. The second-order valence-electron chi connectivity index (χ2n) is 8.33. The first-order valence-electron chi connectivity index (χ1n) is 10.3. The molecule has 28 heavy (non-hydrogen) atoms. The molecule has 0 aliphatic carbocycles. The number of pyridine rings is 1. The van der Waals surface area contributed by atoms with Gasteiger partial charge in [-0.15, -0.1) is 0 Å². The Labute approximate surface area is 167 Å². The third-order valence-electron chi connectivity index (χ3n) is 6.04. The standard InChI is InChI=1S/C24H29N3O/c1-20(15-21-7-3-2-4-8-21)17-26-14-11-24(19-26)10-6-13-27(23(24)28)18-22-9-5-12-25-16-22/h2-5,7-9,12,15-16H,6,10-11,13-14,17-19H2,1H3. The van der Waals surface area contributed by atoms with Crippen LogP contribution in [0.25, 0.3) is 6.08 Å². The minimum atomic E-state index is -0.187. The van der Waals surface area contributed by atoms with E-state index in [2.05, 4.69) is 58.1 Å². The summed E-state index contributed by atoms with van der Waals surface area (Å²) in [5.41, 5.74) is 3.52. The van der Waals surface area contributed by atoms with Crippen molar-refractivity contribution in [3.05, 3.63) is 71.6 Å². The maximum Gasteiger partial charge on any atom is 0.230 e. The van der Waals surface area contributed by atoms with E-state index < -0.39 is 0 Å². The molecule has 1 amide bonds. The van der Waals surface area contributed by atoms with Gasteiger partial charge < -0.3 is 4.90 Å². The van der Waals surface area contributed by atoms with Crippen molar-refractivity contribution >= 4 is 12.0 Å². The number of likely N-dealkylation sites (tertiary alicyclic amines) is 2. The molecule has 146 valence electrons. The minimum Gasteiger partial charge on any atom is -0.338 e. The van der Waals surface area contributed by atoms with E-state index in [0.29, 0.717) is 12.5 Å². The van der Waals surface area contributed by atoms with E-state index in [-0.39, 0.29) is 5.41 Å². The summed E-state index contributed by atoms with van der Waals surface area (Å²) in [4.78, 5) is 22.0. The Morgan fingerprint density at radius 1 is 1.14 bits per heavy atom. The van der Waals surface area contributed by atoms with E-state index in [9.17, 15) is 4.79 Å². The van der Waals surface area contributed by atoms with Crippen molar-refractivity contribution in [3.8, 4) is 0 Å². The zero-order chi connectivity index (χ0) is 19.4. The Balaban J connectivity index is 1.40. The molecule has 0 radical (unpaired) electrons. The van der Waals surface area contributed by atoms with Crippen LogP contribution in [0, 0.1) is 5.41 Å². The molecule has 0 bridgehead atoms. The molecule has 2 aliphatic heterocycles.